The molecule has 0 amide bonds. The van der Waals surface area contributed by atoms with Gasteiger partial charge in [-0.3, -0.25) is 0 Å². The SMILES string of the molecule is COC[C@@H]1[C@@H](COC)[C@@H](OC)O[C@H]1c1ccc2c(c1)OCO2. The Kier molecular flexibility index (Phi) is 4.83. The second kappa shape index (κ2) is 6.83. The smallest absolute Gasteiger partial charge is 0.231 e. The molecule has 122 valence electrons. The molecule has 1 saturated heterocycles. The van der Waals surface area contributed by atoms with Crippen molar-refractivity contribution >= 4 is 0 Å². The zero-order chi connectivity index (χ0) is 15.5. The second-order valence-electron chi connectivity index (χ2n) is 5.51. The molecular weight excluding hydrogens is 288 g/mol. The fraction of sp³-hybridized carbons (Fsp3) is 0.625. The van der Waals surface area contributed by atoms with E-state index in [1.54, 1.807) is 21.3 Å². The van der Waals surface area contributed by atoms with Crippen molar-refractivity contribution in [2.45, 2.75) is 12.4 Å². The summed E-state index contributed by atoms with van der Waals surface area (Å²) in [4.78, 5) is 0. The van der Waals surface area contributed by atoms with Crippen LogP contribution in [0.4, 0.5) is 0 Å². The van der Waals surface area contributed by atoms with E-state index in [9.17, 15) is 0 Å². The van der Waals surface area contributed by atoms with Gasteiger partial charge in [0, 0.05) is 33.2 Å². The molecule has 6 nitrogen and oxygen atoms in total. The van der Waals surface area contributed by atoms with Crippen molar-refractivity contribution in [3.63, 3.8) is 0 Å². The average molecular weight is 310 g/mol. The third-order valence-corrected chi connectivity index (χ3v) is 4.24. The van der Waals surface area contributed by atoms with Gasteiger partial charge in [-0.2, -0.15) is 0 Å². The van der Waals surface area contributed by atoms with E-state index >= 15 is 0 Å². The Morgan fingerprint density at radius 1 is 1.00 bits per heavy atom. The highest BCUT2D eigenvalue weighted by Crippen LogP contribution is 2.45. The van der Waals surface area contributed by atoms with Crippen LogP contribution in [0.3, 0.4) is 0 Å². The lowest BCUT2D eigenvalue weighted by Gasteiger charge is -2.22. The maximum atomic E-state index is 6.11. The van der Waals surface area contributed by atoms with Crippen LogP contribution in [0.2, 0.25) is 0 Å². The van der Waals surface area contributed by atoms with Crippen LogP contribution in [-0.4, -0.2) is 47.6 Å². The second-order valence-corrected chi connectivity index (χ2v) is 5.51. The first kappa shape index (κ1) is 15.6. The van der Waals surface area contributed by atoms with Gasteiger partial charge in [0.25, 0.3) is 0 Å². The van der Waals surface area contributed by atoms with E-state index in [-0.39, 0.29) is 31.0 Å². The Hall–Kier alpha value is -1.34. The summed E-state index contributed by atoms with van der Waals surface area (Å²) >= 11 is 0. The summed E-state index contributed by atoms with van der Waals surface area (Å²) in [6.07, 6.45) is -0.435. The third kappa shape index (κ3) is 2.79. The maximum Gasteiger partial charge on any atom is 0.231 e. The first-order chi connectivity index (χ1) is 10.8. The molecule has 0 aromatic heterocycles. The molecule has 0 unspecified atom stereocenters. The number of hydrogen-bond donors (Lipinski definition) is 0. The lowest BCUT2D eigenvalue weighted by atomic mass is 9.87. The van der Waals surface area contributed by atoms with Crippen molar-refractivity contribution in [1.29, 1.82) is 0 Å². The van der Waals surface area contributed by atoms with E-state index in [4.69, 9.17) is 28.4 Å². The van der Waals surface area contributed by atoms with Crippen LogP contribution >= 0.6 is 0 Å². The number of fused-ring (bicyclic) bond motifs is 1. The summed E-state index contributed by atoms with van der Waals surface area (Å²) in [5.74, 6) is 1.78. The van der Waals surface area contributed by atoms with Crippen molar-refractivity contribution in [3.05, 3.63) is 23.8 Å². The van der Waals surface area contributed by atoms with Gasteiger partial charge in [0.2, 0.25) is 6.79 Å². The van der Waals surface area contributed by atoms with Gasteiger partial charge in [-0.05, 0) is 17.7 Å². The van der Waals surface area contributed by atoms with Gasteiger partial charge in [-0.25, -0.2) is 0 Å². The molecule has 2 aliphatic rings. The van der Waals surface area contributed by atoms with Gasteiger partial charge in [-0.1, -0.05) is 6.07 Å². The third-order valence-electron chi connectivity index (χ3n) is 4.24. The standard InChI is InChI=1S/C16H22O6/c1-17-7-11-12(8-18-2)16(19-3)22-15(11)10-4-5-13-14(6-10)21-9-20-13/h4-6,11-12,15-16H,7-9H2,1-3H3/t11-,12-,15+,16+/m1/s1. The molecule has 3 rings (SSSR count). The molecule has 2 aliphatic heterocycles. The first-order valence-electron chi connectivity index (χ1n) is 7.34. The predicted octanol–water partition coefficient (Wildman–Crippen LogP) is 1.98. The van der Waals surface area contributed by atoms with Gasteiger partial charge < -0.3 is 28.4 Å². The first-order valence-corrected chi connectivity index (χ1v) is 7.34. The fourth-order valence-electron chi connectivity index (χ4n) is 3.22. The maximum absolute atomic E-state index is 6.11. The number of benzene rings is 1. The van der Waals surface area contributed by atoms with Crippen molar-refractivity contribution in [2.75, 3.05) is 41.3 Å². The fourth-order valence-corrected chi connectivity index (χ4v) is 3.22. The predicted molar refractivity (Wildman–Crippen MR) is 77.9 cm³/mol. The summed E-state index contributed by atoms with van der Waals surface area (Å²) in [6, 6.07) is 5.89. The van der Waals surface area contributed by atoms with Gasteiger partial charge in [-0.15, -0.1) is 0 Å². The van der Waals surface area contributed by atoms with Gasteiger partial charge >= 0.3 is 0 Å². The molecular formula is C16H22O6. The molecule has 22 heavy (non-hydrogen) atoms. The van der Waals surface area contributed by atoms with Crippen LogP contribution in [0.1, 0.15) is 11.7 Å². The minimum Gasteiger partial charge on any atom is -0.454 e. The molecule has 0 bridgehead atoms. The number of hydrogen-bond acceptors (Lipinski definition) is 6. The van der Waals surface area contributed by atoms with Gasteiger partial charge in [0.15, 0.2) is 17.8 Å². The zero-order valence-corrected chi connectivity index (χ0v) is 13.1. The molecule has 0 spiro atoms. The molecule has 0 aliphatic carbocycles. The van der Waals surface area contributed by atoms with Crippen LogP contribution in [-0.2, 0) is 18.9 Å². The molecule has 6 heteroatoms. The van der Waals surface area contributed by atoms with Crippen LogP contribution in [0.25, 0.3) is 0 Å². The summed E-state index contributed by atoms with van der Waals surface area (Å²) < 4.78 is 33.1. The zero-order valence-electron chi connectivity index (χ0n) is 13.1. The highest BCUT2D eigenvalue weighted by atomic mass is 16.7. The topological polar surface area (TPSA) is 55.4 Å². The molecule has 0 radical (unpaired) electrons. The minimum absolute atomic E-state index is 0.116. The normalized spacial score (nSPS) is 30.0. The molecule has 4 atom stereocenters. The highest BCUT2D eigenvalue weighted by molar-refractivity contribution is 5.45. The number of ether oxygens (including phenoxy) is 6. The summed E-state index contributed by atoms with van der Waals surface area (Å²) in [6.45, 7) is 1.40. The Morgan fingerprint density at radius 3 is 2.45 bits per heavy atom. The lowest BCUT2D eigenvalue weighted by molar-refractivity contribution is -0.139. The van der Waals surface area contributed by atoms with E-state index in [0.29, 0.717) is 13.2 Å². The van der Waals surface area contributed by atoms with Crippen LogP contribution in [0.15, 0.2) is 18.2 Å². The Labute approximate surface area is 130 Å². The van der Waals surface area contributed by atoms with Gasteiger partial charge in [0.1, 0.15) is 0 Å². The van der Waals surface area contributed by atoms with E-state index < -0.39 is 0 Å². The van der Waals surface area contributed by atoms with Crippen LogP contribution in [0.5, 0.6) is 11.5 Å². The van der Waals surface area contributed by atoms with Crippen LogP contribution in [0, 0.1) is 11.8 Å². The quantitative estimate of drug-likeness (QED) is 0.801. The average Bonchev–Trinajstić information content (AvgIpc) is 3.12. The largest absolute Gasteiger partial charge is 0.454 e. The summed E-state index contributed by atoms with van der Waals surface area (Å²) in [7, 11) is 5.03. The van der Waals surface area contributed by atoms with Crippen molar-refractivity contribution < 1.29 is 28.4 Å². The molecule has 1 fully saturated rings. The van der Waals surface area contributed by atoms with E-state index in [0.717, 1.165) is 17.1 Å². The van der Waals surface area contributed by atoms with E-state index in [1.807, 2.05) is 18.2 Å². The summed E-state index contributed by atoms with van der Waals surface area (Å²) in [5.41, 5.74) is 1.03. The lowest BCUT2D eigenvalue weighted by Crippen LogP contribution is -2.29. The molecule has 2 heterocycles. The number of rotatable bonds is 6. The Morgan fingerprint density at radius 2 is 1.73 bits per heavy atom. The van der Waals surface area contributed by atoms with Crippen molar-refractivity contribution in [1.82, 2.24) is 0 Å². The minimum atomic E-state index is -0.310. The van der Waals surface area contributed by atoms with Crippen molar-refractivity contribution in [3.8, 4) is 11.5 Å². The molecule has 0 N–H and O–H groups in total. The Bertz CT molecular complexity index is 505. The highest BCUT2D eigenvalue weighted by Gasteiger charge is 2.45. The monoisotopic (exact) mass is 310 g/mol. The van der Waals surface area contributed by atoms with Crippen molar-refractivity contribution in [2.24, 2.45) is 11.8 Å². The molecule has 1 aromatic rings. The molecule has 0 saturated carbocycles. The Balaban J connectivity index is 1.87. The molecule has 1 aromatic carbocycles. The van der Waals surface area contributed by atoms with Crippen LogP contribution < -0.4 is 9.47 Å². The van der Waals surface area contributed by atoms with E-state index in [1.165, 1.54) is 0 Å². The summed E-state index contributed by atoms with van der Waals surface area (Å²) in [5, 5.41) is 0. The number of methoxy groups -OCH3 is 3. The van der Waals surface area contributed by atoms with Gasteiger partial charge in [0.05, 0.1) is 19.3 Å². The van der Waals surface area contributed by atoms with E-state index in [2.05, 4.69) is 0 Å².